The third kappa shape index (κ3) is 1.12. The molecule has 2 rings (SSSR count). The Morgan fingerprint density at radius 3 is 2.50 bits per heavy atom. The summed E-state index contributed by atoms with van der Waals surface area (Å²) in [5.41, 5.74) is 2.85. The molecule has 0 aromatic carbocycles. The molecule has 1 saturated carbocycles. The van der Waals surface area contributed by atoms with Crippen molar-refractivity contribution in [2.75, 3.05) is 0 Å². The van der Waals surface area contributed by atoms with Crippen molar-refractivity contribution in [3.05, 3.63) is 11.6 Å². The number of allylic oxidation sites excluding steroid dienone is 2. The van der Waals surface area contributed by atoms with Crippen LogP contribution in [-0.4, -0.2) is 0 Å². The molecule has 0 radical (unpaired) electrons. The molecule has 0 N–H and O–H groups in total. The minimum Gasteiger partial charge on any atom is -0.0811 e. The Morgan fingerprint density at radius 1 is 1.36 bits per heavy atom. The van der Waals surface area contributed by atoms with Gasteiger partial charge in [-0.05, 0) is 42.4 Å². The molecule has 0 heteroatoms. The van der Waals surface area contributed by atoms with Gasteiger partial charge in [0.2, 0.25) is 0 Å². The lowest BCUT2D eigenvalue weighted by atomic mass is 9.67. The minimum atomic E-state index is 0.535. The standard InChI is InChI=1S/C14H24/c1-5-6-7-12-10-11-8-9-14(12,4)13(11,2)3/h10-11H,5-9H2,1-4H3. The number of unbranched alkanes of at least 4 members (excludes halogenated alkanes) is 1. The van der Waals surface area contributed by atoms with Crippen molar-refractivity contribution >= 4 is 0 Å². The zero-order valence-corrected chi connectivity index (χ0v) is 10.2. The van der Waals surface area contributed by atoms with E-state index < -0.39 is 0 Å². The predicted octanol–water partition coefficient (Wildman–Crippen LogP) is 4.56. The van der Waals surface area contributed by atoms with Crippen LogP contribution in [0.25, 0.3) is 0 Å². The van der Waals surface area contributed by atoms with E-state index in [9.17, 15) is 0 Å². The maximum absolute atomic E-state index is 2.61. The highest BCUT2D eigenvalue weighted by Crippen LogP contribution is 2.65. The van der Waals surface area contributed by atoms with Crippen LogP contribution >= 0.6 is 0 Å². The largest absolute Gasteiger partial charge is 0.0811 e. The fourth-order valence-electron chi connectivity index (χ4n) is 3.56. The Kier molecular flexibility index (Phi) is 2.28. The van der Waals surface area contributed by atoms with E-state index in [1.807, 2.05) is 0 Å². The quantitative estimate of drug-likeness (QED) is 0.575. The van der Waals surface area contributed by atoms with Crippen LogP contribution in [0.5, 0.6) is 0 Å². The van der Waals surface area contributed by atoms with Crippen LogP contribution in [0.2, 0.25) is 0 Å². The van der Waals surface area contributed by atoms with Gasteiger partial charge in [0.15, 0.2) is 0 Å². The molecule has 2 aliphatic carbocycles. The Labute approximate surface area is 88.8 Å². The molecule has 0 spiro atoms. The molecular weight excluding hydrogens is 168 g/mol. The highest BCUT2D eigenvalue weighted by molar-refractivity contribution is 5.31. The first-order valence-corrected chi connectivity index (χ1v) is 6.23. The number of hydrogen-bond acceptors (Lipinski definition) is 0. The minimum absolute atomic E-state index is 0.535. The summed E-state index contributed by atoms with van der Waals surface area (Å²) in [4.78, 5) is 0. The van der Waals surface area contributed by atoms with Crippen LogP contribution in [0.15, 0.2) is 11.6 Å². The summed E-state index contributed by atoms with van der Waals surface area (Å²) >= 11 is 0. The summed E-state index contributed by atoms with van der Waals surface area (Å²) < 4.78 is 0. The molecule has 0 amide bonds. The van der Waals surface area contributed by atoms with Gasteiger partial charge in [-0.15, -0.1) is 0 Å². The fraction of sp³-hybridized carbons (Fsp3) is 0.857. The van der Waals surface area contributed by atoms with Crippen molar-refractivity contribution in [3.8, 4) is 0 Å². The maximum Gasteiger partial charge on any atom is -0.00593 e. The second-order valence-corrected chi connectivity index (χ2v) is 5.99. The van der Waals surface area contributed by atoms with Gasteiger partial charge in [0.05, 0.1) is 0 Å². The summed E-state index contributed by atoms with van der Waals surface area (Å²) in [5.74, 6) is 0.874. The zero-order chi connectivity index (χ0) is 10.4. The molecule has 0 saturated heterocycles. The van der Waals surface area contributed by atoms with E-state index in [1.54, 1.807) is 5.57 Å². The van der Waals surface area contributed by atoms with E-state index >= 15 is 0 Å². The molecule has 2 unspecified atom stereocenters. The molecule has 0 aliphatic heterocycles. The van der Waals surface area contributed by atoms with Gasteiger partial charge in [0.1, 0.15) is 0 Å². The number of hydrogen-bond donors (Lipinski definition) is 0. The van der Waals surface area contributed by atoms with Crippen molar-refractivity contribution in [1.82, 2.24) is 0 Å². The third-order valence-corrected chi connectivity index (χ3v) is 5.22. The van der Waals surface area contributed by atoms with E-state index in [0.717, 1.165) is 5.92 Å². The van der Waals surface area contributed by atoms with E-state index in [0.29, 0.717) is 10.8 Å². The van der Waals surface area contributed by atoms with Crippen molar-refractivity contribution in [2.45, 2.75) is 59.8 Å². The highest BCUT2D eigenvalue weighted by Gasteiger charge is 2.56. The second-order valence-electron chi connectivity index (χ2n) is 5.99. The van der Waals surface area contributed by atoms with Crippen LogP contribution in [0.3, 0.4) is 0 Å². The van der Waals surface area contributed by atoms with Gasteiger partial charge in [0.25, 0.3) is 0 Å². The van der Waals surface area contributed by atoms with Gasteiger partial charge in [-0.1, -0.05) is 45.8 Å². The third-order valence-electron chi connectivity index (χ3n) is 5.22. The van der Waals surface area contributed by atoms with Crippen molar-refractivity contribution in [3.63, 3.8) is 0 Å². The average molecular weight is 192 g/mol. The lowest BCUT2D eigenvalue weighted by Crippen LogP contribution is -2.30. The number of rotatable bonds is 3. The lowest BCUT2D eigenvalue weighted by molar-refractivity contribution is 0.167. The molecule has 2 aliphatic rings. The second kappa shape index (κ2) is 3.12. The molecule has 80 valence electrons. The maximum atomic E-state index is 2.61. The average Bonchev–Trinajstić information content (AvgIpc) is 2.46. The predicted molar refractivity (Wildman–Crippen MR) is 62.2 cm³/mol. The van der Waals surface area contributed by atoms with Gasteiger partial charge in [-0.2, -0.15) is 0 Å². The number of fused-ring (bicyclic) bond motifs is 2. The lowest BCUT2D eigenvalue weighted by Gasteiger charge is -2.37. The summed E-state index contributed by atoms with van der Waals surface area (Å²) in [5, 5.41) is 0. The van der Waals surface area contributed by atoms with Crippen LogP contribution < -0.4 is 0 Å². The van der Waals surface area contributed by atoms with Crippen LogP contribution in [0.4, 0.5) is 0 Å². The highest BCUT2D eigenvalue weighted by atomic mass is 14.6. The summed E-state index contributed by atoms with van der Waals surface area (Å²) in [6, 6.07) is 0. The SMILES string of the molecule is CCCCC1=CC2CCC1(C)C2(C)C. The molecule has 14 heavy (non-hydrogen) atoms. The molecule has 1 fully saturated rings. The fourth-order valence-corrected chi connectivity index (χ4v) is 3.56. The first-order chi connectivity index (χ1) is 6.52. The van der Waals surface area contributed by atoms with Crippen LogP contribution in [0, 0.1) is 16.7 Å². The summed E-state index contributed by atoms with van der Waals surface area (Å²) in [6.45, 7) is 9.74. The molecule has 0 aromatic rings. The molecule has 0 nitrogen and oxygen atoms in total. The zero-order valence-electron chi connectivity index (χ0n) is 10.2. The van der Waals surface area contributed by atoms with E-state index in [2.05, 4.69) is 33.8 Å². The summed E-state index contributed by atoms with van der Waals surface area (Å²) in [6.07, 6.45) is 9.54. The monoisotopic (exact) mass is 192 g/mol. The van der Waals surface area contributed by atoms with Crippen LogP contribution in [0.1, 0.15) is 59.8 Å². The van der Waals surface area contributed by atoms with Crippen molar-refractivity contribution in [2.24, 2.45) is 16.7 Å². The van der Waals surface area contributed by atoms with Crippen LogP contribution in [-0.2, 0) is 0 Å². The Balaban J connectivity index is 2.19. The van der Waals surface area contributed by atoms with E-state index in [4.69, 9.17) is 0 Å². The first-order valence-electron chi connectivity index (χ1n) is 6.23. The molecule has 0 heterocycles. The van der Waals surface area contributed by atoms with Crippen molar-refractivity contribution < 1.29 is 0 Å². The van der Waals surface area contributed by atoms with Gasteiger partial charge in [-0.3, -0.25) is 0 Å². The van der Waals surface area contributed by atoms with Gasteiger partial charge >= 0.3 is 0 Å². The summed E-state index contributed by atoms with van der Waals surface area (Å²) in [7, 11) is 0. The molecule has 2 atom stereocenters. The van der Waals surface area contributed by atoms with Crippen molar-refractivity contribution in [1.29, 1.82) is 0 Å². The Bertz CT molecular complexity index is 259. The smallest absolute Gasteiger partial charge is 0.00593 e. The molecule has 2 bridgehead atoms. The Hall–Kier alpha value is -0.260. The van der Waals surface area contributed by atoms with Gasteiger partial charge in [-0.25, -0.2) is 0 Å². The van der Waals surface area contributed by atoms with E-state index in [-0.39, 0.29) is 0 Å². The topological polar surface area (TPSA) is 0 Å². The van der Waals surface area contributed by atoms with Gasteiger partial charge < -0.3 is 0 Å². The normalized spacial score (nSPS) is 38.9. The van der Waals surface area contributed by atoms with Gasteiger partial charge in [0, 0.05) is 0 Å². The Morgan fingerprint density at radius 2 is 2.07 bits per heavy atom. The molecule has 0 aromatic heterocycles. The van der Waals surface area contributed by atoms with E-state index in [1.165, 1.54) is 32.1 Å². The first kappa shape index (κ1) is 10.3. The molecular formula is C14H24.